The van der Waals surface area contributed by atoms with Gasteiger partial charge in [0.2, 0.25) is 6.79 Å². The van der Waals surface area contributed by atoms with Crippen LogP contribution in [-0.4, -0.2) is 26.5 Å². The first-order valence-corrected chi connectivity index (χ1v) is 6.16. The standard InChI is InChI=1S/C13H15NO3/c1-2-14-4-9-6-15-5-8-3-11-13(17-7-16-11)10(1)12(8)9/h3,9,14H,1-2,4-7H2. The predicted molar refractivity (Wildman–Crippen MR) is 61.5 cm³/mol. The summed E-state index contributed by atoms with van der Waals surface area (Å²) >= 11 is 0. The first-order chi connectivity index (χ1) is 8.43. The van der Waals surface area contributed by atoms with E-state index in [9.17, 15) is 0 Å². The van der Waals surface area contributed by atoms with Gasteiger partial charge in [-0.3, -0.25) is 0 Å². The summed E-state index contributed by atoms with van der Waals surface area (Å²) in [6.45, 7) is 3.87. The van der Waals surface area contributed by atoms with Crippen LogP contribution in [0, 0.1) is 0 Å². The zero-order valence-corrected chi connectivity index (χ0v) is 9.62. The molecule has 4 heteroatoms. The lowest BCUT2D eigenvalue weighted by molar-refractivity contribution is 0.0911. The SMILES string of the molecule is c1c2c3c(c4c1OCO4)CCNCC3COC2. The van der Waals surface area contributed by atoms with Gasteiger partial charge in [0.15, 0.2) is 11.5 Å². The number of hydrogen-bond acceptors (Lipinski definition) is 4. The Morgan fingerprint density at radius 3 is 3.29 bits per heavy atom. The molecule has 0 aromatic heterocycles. The summed E-state index contributed by atoms with van der Waals surface area (Å²) in [6.07, 6.45) is 1.02. The van der Waals surface area contributed by atoms with Crippen LogP contribution in [0.15, 0.2) is 6.07 Å². The minimum absolute atomic E-state index is 0.351. The van der Waals surface area contributed by atoms with E-state index in [-0.39, 0.29) is 0 Å². The van der Waals surface area contributed by atoms with Gasteiger partial charge in [-0.2, -0.15) is 0 Å². The monoisotopic (exact) mass is 233 g/mol. The molecule has 0 bridgehead atoms. The second-order valence-electron chi connectivity index (χ2n) is 4.83. The molecule has 1 unspecified atom stereocenters. The molecule has 1 aromatic carbocycles. The molecule has 0 radical (unpaired) electrons. The molecule has 4 rings (SSSR count). The minimum Gasteiger partial charge on any atom is -0.454 e. The molecule has 0 amide bonds. The van der Waals surface area contributed by atoms with Crippen molar-refractivity contribution in [1.82, 2.24) is 5.32 Å². The number of benzene rings is 1. The fourth-order valence-electron chi connectivity index (χ4n) is 3.11. The fourth-order valence-corrected chi connectivity index (χ4v) is 3.11. The van der Waals surface area contributed by atoms with E-state index in [1.54, 1.807) is 0 Å². The molecule has 1 N–H and O–H groups in total. The highest BCUT2D eigenvalue weighted by Gasteiger charge is 2.31. The van der Waals surface area contributed by atoms with Crippen LogP contribution in [-0.2, 0) is 17.8 Å². The highest BCUT2D eigenvalue weighted by Crippen LogP contribution is 2.44. The molecule has 1 aromatic rings. The van der Waals surface area contributed by atoms with E-state index in [1.165, 1.54) is 16.7 Å². The third kappa shape index (κ3) is 1.37. The lowest BCUT2D eigenvalue weighted by Crippen LogP contribution is -2.26. The second kappa shape index (κ2) is 3.62. The van der Waals surface area contributed by atoms with Crippen molar-refractivity contribution in [2.75, 3.05) is 26.5 Å². The molecule has 1 atom stereocenters. The Labute approximate surface area is 99.9 Å². The van der Waals surface area contributed by atoms with Crippen LogP contribution in [0.4, 0.5) is 0 Å². The summed E-state index contributed by atoms with van der Waals surface area (Å²) < 4.78 is 16.8. The Kier molecular flexibility index (Phi) is 2.07. The predicted octanol–water partition coefficient (Wildman–Crippen LogP) is 1.17. The summed E-state index contributed by atoms with van der Waals surface area (Å²) in [5.74, 6) is 2.33. The quantitative estimate of drug-likeness (QED) is 0.730. The van der Waals surface area contributed by atoms with Crippen LogP contribution < -0.4 is 14.8 Å². The van der Waals surface area contributed by atoms with E-state index >= 15 is 0 Å². The number of ether oxygens (including phenoxy) is 3. The number of fused-ring (bicyclic) bond motifs is 2. The van der Waals surface area contributed by atoms with E-state index in [2.05, 4.69) is 11.4 Å². The van der Waals surface area contributed by atoms with Crippen LogP contribution in [0.25, 0.3) is 0 Å². The average Bonchev–Trinajstić information content (AvgIpc) is 2.70. The lowest BCUT2D eigenvalue weighted by Gasteiger charge is -2.27. The molecule has 0 fully saturated rings. The topological polar surface area (TPSA) is 39.7 Å². The van der Waals surface area contributed by atoms with Crippen molar-refractivity contribution in [2.24, 2.45) is 0 Å². The maximum absolute atomic E-state index is 5.67. The molecule has 0 aliphatic carbocycles. The van der Waals surface area contributed by atoms with Gasteiger partial charge >= 0.3 is 0 Å². The van der Waals surface area contributed by atoms with Gasteiger partial charge in [0.25, 0.3) is 0 Å². The van der Waals surface area contributed by atoms with Crippen molar-refractivity contribution in [2.45, 2.75) is 18.9 Å². The number of hydrogen-bond donors (Lipinski definition) is 1. The molecule has 3 aliphatic heterocycles. The van der Waals surface area contributed by atoms with E-state index in [0.29, 0.717) is 19.3 Å². The van der Waals surface area contributed by atoms with Crippen LogP contribution in [0.1, 0.15) is 22.6 Å². The molecule has 0 saturated carbocycles. The molecular formula is C13H15NO3. The first-order valence-electron chi connectivity index (χ1n) is 6.16. The van der Waals surface area contributed by atoms with Crippen LogP contribution in [0.2, 0.25) is 0 Å². The van der Waals surface area contributed by atoms with Crippen LogP contribution in [0.3, 0.4) is 0 Å². The Hall–Kier alpha value is -1.26. The normalized spacial score (nSPS) is 25.3. The van der Waals surface area contributed by atoms with Crippen LogP contribution in [0.5, 0.6) is 11.5 Å². The van der Waals surface area contributed by atoms with Crippen molar-refractivity contribution in [3.8, 4) is 11.5 Å². The third-order valence-corrected chi connectivity index (χ3v) is 3.82. The third-order valence-electron chi connectivity index (χ3n) is 3.82. The van der Waals surface area contributed by atoms with Gasteiger partial charge < -0.3 is 19.5 Å². The second-order valence-corrected chi connectivity index (χ2v) is 4.83. The first kappa shape index (κ1) is 9.74. The van der Waals surface area contributed by atoms with Crippen molar-refractivity contribution in [3.05, 3.63) is 22.8 Å². The van der Waals surface area contributed by atoms with Crippen molar-refractivity contribution >= 4 is 0 Å². The van der Waals surface area contributed by atoms with Gasteiger partial charge in [-0.25, -0.2) is 0 Å². The maximum atomic E-state index is 5.67. The van der Waals surface area contributed by atoms with Gasteiger partial charge in [-0.05, 0) is 30.2 Å². The van der Waals surface area contributed by atoms with E-state index in [1.807, 2.05) is 0 Å². The number of rotatable bonds is 0. The minimum atomic E-state index is 0.351. The van der Waals surface area contributed by atoms with Gasteiger partial charge in [0.05, 0.1) is 13.2 Å². The fraction of sp³-hybridized carbons (Fsp3) is 0.538. The average molecular weight is 233 g/mol. The van der Waals surface area contributed by atoms with Gasteiger partial charge in [-0.1, -0.05) is 0 Å². The molecule has 17 heavy (non-hydrogen) atoms. The Balaban J connectivity index is 1.96. The highest BCUT2D eigenvalue weighted by molar-refractivity contribution is 5.57. The highest BCUT2D eigenvalue weighted by atomic mass is 16.7. The lowest BCUT2D eigenvalue weighted by atomic mass is 9.87. The maximum Gasteiger partial charge on any atom is 0.231 e. The molecule has 4 nitrogen and oxygen atoms in total. The molecule has 0 saturated heterocycles. The summed E-state index contributed by atoms with van der Waals surface area (Å²) in [6, 6.07) is 2.10. The van der Waals surface area contributed by atoms with Crippen molar-refractivity contribution < 1.29 is 14.2 Å². The van der Waals surface area contributed by atoms with Crippen molar-refractivity contribution in [1.29, 1.82) is 0 Å². The van der Waals surface area contributed by atoms with Gasteiger partial charge in [-0.15, -0.1) is 0 Å². The zero-order valence-electron chi connectivity index (χ0n) is 9.62. The summed E-state index contributed by atoms with van der Waals surface area (Å²) in [5, 5.41) is 3.47. The van der Waals surface area contributed by atoms with Gasteiger partial charge in [0, 0.05) is 18.0 Å². The van der Waals surface area contributed by atoms with Crippen molar-refractivity contribution in [3.63, 3.8) is 0 Å². The Bertz CT molecular complexity index is 472. The van der Waals surface area contributed by atoms with Gasteiger partial charge in [0.1, 0.15) is 0 Å². The number of nitrogens with one attached hydrogen (secondary N) is 1. The zero-order chi connectivity index (χ0) is 11.2. The van der Waals surface area contributed by atoms with E-state index in [4.69, 9.17) is 14.2 Å². The molecule has 3 aliphatic rings. The summed E-state index contributed by atoms with van der Waals surface area (Å²) in [5.41, 5.74) is 4.07. The largest absolute Gasteiger partial charge is 0.454 e. The Morgan fingerprint density at radius 2 is 2.29 bits per heavy atom. The molecule has 90 valence electrons. The van der Waals surface area contributed by atoms with Crippen LogP contribution >= 0.6 is 0 Å². The summed E-state index contributed by atoms with van der Waals surface area (Å²) in [7, 11) is 0. The molecule has 0 spiro atoms. The smallest absolute Gasteiger partial charge is 0.231 e. The van der Waals surface area contributed by atoms with E-state index in [0.717, 1.165) is 37.6 Å². The summed E-state index contributed by atoms with van der Waals surface area (Å²) in [4.78, 5) is 0. The Morgan fingerprint density at radius 1 is 1.29 bits per heavy atom. The molecular weight excluding hydrogens is 218 g/mol. The van der Waals surface area contributed by atoms with E-state index < -0.39 is 0 Å². The molecule has 3 heterocycles.